The molecule has 0 saturated carbocycles. The smallest absolute Gasteiger partial charge is 0.213 e. The van der Waals surface area contributed by atoms with Crippen molar-refractivity contribution in [2.75, 3.05) is 14.2 Å². The molecular formula is C15H16N2O2Si. The van der Waals surface area contributed by atoms with Crippen LogP contribution in [0.15, 0.2) is 6.07 Å². The van der Waals surface area contributed by atoms with E-state index in [-0.39, 0.29) is 11.4 Å². The zero-order valence-electron chi connectivity index (χ0n) is 12.3. The van der Waals surface area contributed by atoms with E-state index in [1.54, 1.807) is 0 Å². The van der Waals surface area contributed by atoms with Crippen LogP contribution in [0.5, 0.6) is 11.5 Å². The zero-order valence-corrected chi connectivity index (χ0v) is 13.3. The van der Waals surface area contributed by atoms with Crippen LogP contribution in [0.4, 0.5) is 11.4 Å². The Labute approximate surface area is 121 Å². The van der Waals surface area contributed by atoms with Gasteiger partial charge in [-0.3, -0.25) is 0 Å². The van der Waals surface area contributed by atoms with Crippen LogP contribution in [-0.2, 0) is 0 Å². The third-order valence-corrected chi connectivity index (χ3v) is 3.29. The van der Waals surface area contributed by atoms with Gasteiger partial charge in [0.15, 0.2) is 11.4 Å². The number of rotatable bonds is 2. The molecule has 0 amide bonds. The second kappa shape index (κ2) is 6.15. The highest BCUT2D eigenvalue weighted by molar-refractivity contribution is 6.83. The maximum absolute atomic E-state index is 7.29. The van der Waals surface area contributed by atoms with Gasteiger partial charge in [-0.15, -0.1) is 5.54 Å². The quantitative estimate of drug-likeness (QED) is 0.466. The maximum Gasteiger partial charge on any atom is 0.213 e. The van der Waals surface area contributed by atoms with E-state index in [2.05, 4.69) is 40.8 Å². The van der Waals surface area contributed by atoms with Gasteiger partial charge < -0.3 is 9.47 Å². The van der Waals surface area contributed by atoms with E-state index in [0.29, 0.717) is 17.1 Å². The molecule has 0 aromatic heterocycles. The molecule has 0 fully saturated rings. The fourth-order valence-corrected chi connectivity index (χ4v) is 2.04. The molecule has 0 aliphatic heterocycles. The summed E-state index contributed by atoms with van der Waals surface area (Å²) >= 11 is 0. The lowest BCUT2D eigenvalue weighted by molar-refractivity contribution is 0.354. The molecule has 1 rings (SSSR count). The topological polar surface area (TPSA) is 27.2 Å². The number of ether oxygens (including phenoxy) is 2. The molecule has 4 nitrogen and oxygen atoms in total. The molecule has 0 aliphatic rings. The predicted molar refractivity (Wildman–Crippen MR) is 82.3 cm³/mol. The van der Waals surface area contributed by atoms with Crippen molar-refractivity contribution < 1.29 is 9.47 Å². The molecule has 0 radical (unpaired) electrons. The summed E-state index contributed by atoms with van der Waals surface area (Å²) < 4.78 is 10.5. The van der Waals surface area contributed by atoms with Gasteiger partial charge in [-0.25, -0.2) is 9.69 Å². The lowest BCUT2D eigenvalue weighted by Crippen LogP contribution is -2.16. The van der Waals surface area contributed by atoms with Crippen LogP contribution in [0.2, 0.25) is 19.6 Å². The highest BCUT2D eigenvalue weighted by Crippen LogP contribution is 2.44. The third kappa shape index (κ3) is 3.32. The minimum absolute atomic E-state index is 0.225. The molecule has 0 aliphatic carbocycles. The Morgan fingerprint density at radius 3 is 2.15 bits per heavy atom. The van der Waals surface area contributed by atoms with Gasteiger partial charge in [0.2, 0.25) is 5.69 Å². The minimum Gasteiger partial charge on any atom is -0.494 e. The SMILES string of the molecule is [C-]#[N+]c1cc(OC)c(OC)c(C#C[Si](C)(C)C)c1[N+]#[C-]. The molecule has 0 heterocycles. The van der Waals surface area contributed by atoms with E-state index >= 15 is 0 Å². The van der Waals surface area contributed by atoms with Crippen LogP contribution in [-0.4, -0.2) is 22.3 Å². The molecule has 0 N–H and O–H groups in total. The molecular weight excluding hydrogens is 268 g/mol. The van der Waals surface area contributed by atoms with Gasteiger partial charge >= 0.3 is 0 Å². The van der Waals surface area contributed by atoms with Crippen molar-refractivity contribution in [3.8, 4) is 23.0 Å². The van der Waals surface area contributed by atoms with Crippen LogP contribution in [0, 0.1) is 24.6 Å². The Bertz CT molecular complexity index is 665. The van der Waals surface area contributed by atoms with Gasteiger partial charge in [-0.05, 0) is 6.07 Å². The fraction of sp³-hybridized carbons (Fsp3) is 0.333. The molecule has 1 aromatic carbocycles. The van der Waals surface area contributed by atoms with Gasteiger partial charge in [-0.2, -0.15) is 0 Å². The predicted octanol–water partition coefficient (Wildman–Crippen LogP) is 4.03. The number of nitrogens with zero attached hydrogens (tertiary/aromatic N) is 2. The van der Waals surface area contributed by atoms with E-state index in [1.807, 2.05) is 0 Å². The summed E-state index contributed by atoms with van der Waals surface area (Å²) in [4.78, 5) is 6.81. The van der Waals surface area contributed by atoms with Crippen molar-refractivity contribution in [3.05, 3.63) is 34.5 Å². The molecule has 20 heavy (non-hydrogen) atoms. The normalized spacial score (nSPS) is 9.75. The van der Waals surface area contributed by atoms with Gasteiger partial charge in [-0.1, -0.05) is 25.6 Å². The van der Waals surface area contributed by atoms with Gasteiger partial charge in [0.1, 0.15) is 13.8 Å². The van der Waals surface area contributed by atoms with E-state index in [0.717, 1.165) is 0 Å². The largest absolute Gasteiger partial charge is 0.494 e. The Balaban J connectivity index is 3.73. The summed E-state index contributed by atoms with van der Waals surface area (Å²) in [5.74, 6) is 3.86. The summed E-state index contributed by atoms with van der Waals surface area (Å²) in [6, 6.07) is 1.51. The van der Waals surface area contributed by atoms with Crippen molar-refractivity contribution >= 4 is 19.4 Å². The van der Waals surface area contributed by atoms with Gasteiger partial charge in [0.25, 0.3) is 0 Å². The Morgan fingerprint density at radius 1 is 1.10 bits per heavy atom. The minimum atomic E-state index is -1.60. The molecule has 0 saturated heterocycles. The van der Waals surface area contributed by atoms with Crippen LogP contribution in [0.1, 0.15) is 5.56 Å². The number of benzene rings is 1. The first-order valence-electron chi connectivity index (χ1n) is 5.95. The first-order valence-corrected chi connectivity index (χ1v) is 9.45. The summed E-state index contributed by atoms with van der Waals surface area (Å²) in [6.07, 6.45) is 0. The van der Waals surface area contributed by atoms with Crippen LogP contribution in [0.25, 0.3) is 9.69 Å². The van der Waals surface area contributed by atoms with Crippen molar-refractivity contribution in [1.29, 1.82) is 0 Å². The molecule has 102 valence electrons. The second-order valence-corrected chi connectivity index (χ2v) is 9.83. The Kier molecular flexibility index (Phi) is 4.81. The monoisotopic (exact) mass is 284 g/mol. The Morgan fingerprint density at radius 2 is 1.75 bits per heavy atom. The number of methoxy groups -OCH3 is 2. The molecule has 1 aromatic rings. The van der Waals surface area contributed by atoms with Crippen LogP contribution >= 0.6 is 0 Å². The fourth-order valence-electron chi connectivity index (χ4n) is 1.54. The van der Waals surface area contributed by atoms with E-state index in [4.69, 9.17) is 22.6 Å². The molecule has 0 spiro atoms. The molecule has 0 bridgehead atoms. The van der Waals surface area contributed by atoms with Crippen LogP contribution in [0.3, 0.4) is 0 Å². The molecule has 0 unspecified atom stereocenters. The number of hydrogen-bond acceptors (Lipinski definition) is 2. The maximum atomic E-state index is 7.29. The van der Waals surface area contributed by atoms with Gasteiger partial charge in [0.05, 0.1) is 32.9 Å². The zero-order chi connectivity index (χ0) is 15.3. The van der Waals surface area contributed by atoms with E-state index in [1.165, 1.54) is 20.3 Å². The summed E-state index contributed by atoms with van der Waals surface area (Å²) in [5, 5.41) is 0. The number of hydrogen-bond donors (Lipinski definition) is 0. The highest BCUT2D eigenvalue weighted by Gasteiger charge is 2.19. The van der Waals surface area contributed by atoms with Gasteiger partial charge in [0, 0.05) is 0 Å². The standard InChI is InChI=1S/C15H16N2O2Si/c1-16-12-10-13(18-3)15(19-4)11(14(12)17-2)8-9-20(5,6)7/h10H,3-7H3. The average Bonchev–Trinajstić information content (AvgIpc) is 2.41. The first-order chi connectivity index (χ1) is 9.37. The van der Waals surface area contributed by atoms with Crippen molar-refractivity contribution in [3.63, 3.8) is 0 Å². The highest BCUT2D eigenvalue weighted by atomic mass is 28.3. The van der Waals surface area contributed by atoms with Crippen molar-refractivity contribution in [1.82, 2.24) is 0 Å². The van der Waals surface area contributed by atoms with Crippen molar-refractivity contribution in [2.24, 2.45) is 0 Å². The first kappa shape index (κ1) is 15.6. The molecule has 0 atom stereocenters. The molecule has 5 heteroatoms. The lowest BCUT2D eigenvalue weighted by atomic mass is 10.1. The average molecular weight is 284 g/mol. The van der Waals surface area contributed by atoms with E-state index < -0.39 is 8.07 Å². The Hall–Kier alpha value is -2.42. The van der Waals surface area contributed by atoms with Crippen molar-refractivity contribution in [2.45, 2.75) is 19.6 Å². The summed E-state index contributed by atoms with van der Waals surface area (Å²) in [7, 11) is 1.40. The third-order valence-electron chi connectivity index (χ3n) is 2.42. The second-order valence-electron chi connectivity index (χ2n) is 5.08. The summed E-state index contributed by atoms with van der Waals surface area (Å²) in [6.45, 7) is 20.8. The van der Waals surface area contributed by atoms with Crippen LogP contribution < -0.4 is 9.47 Å². The summed E-state index contributed by atoms with van der Waals surface area (Å²) in [5.41, 5.74) is 4.10. The lowest BCUT2D eigenvalue weighted by Gasteiger charge is -2.13. The van der Waals surface area contributed by atoms with E-state index in [9.17, 15) is 0 Å².